The molecule has 2 amide bonds. The number of nitrogens with zero attached hydrogens (tertiary/aromatic N) is 1. The van der Waals surface area contributed by atoms with Gasteiger partial charge >= 0.3 is 12.1 Å². The number of nitrogens with one attached hydrogen (secondary N) is 1. The second-order valence-corrected chi connectivity index (χ2v) is 10.3. The van der Waals surface area contributed by atoms with Gasteiger partial charge in [-0.1, -0.05) is 81.6 Å². The number of amides is 2. The number of aliphatic carboxylic acids is 1. The van der Waals surface area contributed by atoms with Crippen molar-refractivity contribution in [3.05, 3.63) is 59.7 Å². The highest BCUT2D eigenvalue weighted by Crippen LogP contribution is 2.44. The summed E-state index contributed by atoms with van der Waals surface area (Å²) in [5.41, 5.74) is 4.51. The van der Waals surface area contributed by atoms with Crippen LogP contribution in [0.15, 0.2) is 48.5 Å². The maximum absolute atomic E-state index is 13.4. The Bertz CT molecular complexity index is 1050. The van der Waals surface area contributed by atoms with Gasteiger partial charge in [0, 0.05) is 12.5 Å². The second kappa shape index (κ2) is 11.6. The van der Waals surface area contributed by atoms with Crippen molar-refractivity contribution in [2.24, 2.45) is 11.8 Å². The second-order valence-electron chi connectivity index (χ2n) is 10.3. The lowest BCUT2D eigenvalue weighted by Gasteiger charge is -2.32. The molecule has 0 aromatic heterocycles. The van der Waals surface area contributed by atoms with E-state index in [1.807, 2.05) is 38.1 Å². The molecule has 0 radical (unpaired) electrons. The average Bonchev–Trinajstić information content (AvgIpc) is 3.19. The van der Waals surface area contributed by atoms with Crippen LogP contribution < -0.4 is 5.32 Å². The average molecular weight is 493 g/mol. The van der Waals surface area contributed by atoms with E-state index in [4.69, 9.17) is 4.74 Å². The van der Waals surface area contributed by atoms with Gasteiger partial charge < -0.3 is 20.1 Å². The Kier molecular flexibility index (Phi) is 8.28. The third-order valence-electron chi connectivity index (χ3n) is 7.39. The van der Waals surface area contributed by atoms with Gasteiger partial charge in [-0.25, -0.2) is 4.79 Å². The van der Waals surface area contributed by atoms with Gasteiger partial charge in [-0.2, -0.15) is 0 Å². The van der Waals surface area contributed by atoms with E-state index in [0.29, 0.717) is 12.5 Å². The van der Waals surface area contributed by atoms with Crippen LogP contribution in [0.1, 0.15) is 63.0 Å². The van der Waals surface area contributed by atoms with Crippen LogP contribution in [-0.2, 0) is 14.3 Å². The fourth-order valence-corrected chi connectivity index (χ4v) is 5.55. The lowest BCUT2D eigenvalue weighted by Crippen LogP contribution is -2.53. The van der Waals surface area contributed by atoms with Crippen molar-refractivity contribution < 1.29 is 24.2 Å². The Labute approximate surface area is 212 Å². The molecule has 2 aliphatic carbocycles. The van der Waals surface area contributed by atoms with E-state index in [2.05, 4.69) is 29.6 Å². The Morgan fingerprint density at radius 3 is 2.11 bits per heavy atom. The zero-order chi connectivity index (χ0) is 25.7. The molecule has 1 fully saturated rings. The molecule has 1 saturated carbocycles. The molecule has 0 spiro atoms. The predicted molar refractivity (Wildman–Crippen MR) is 138 cm³/mol. The summed E-state index contributed by atoms with van der Waals surface area (Å²) in [4.78, 5) is 39.2. The first-order valence-electron chi connectivity index (χ1n) is 13.0. The Morgan fingerprint density at radius 1 is 0.972 bits per heavy atom. The molecule has 2 aliphatic rings. The molecule has 0 heterocycles. The van der Waals surface area contributed by atoms with Crippen LogP contribution in [0.2, 0.25) is 0 Å². The van der Waals surface area contributed by atoms with Gasteiger partial charge in [-0.3, -0.25) is 9.59 Å². The summed E-state index contributed by atoms with van der Waals surface area (Å²) in [7, 11) is 0. The molecular weight excluding hydrogens is 456 g/mol. The zero-order valence-corrected chi connectivity index (χ0v) is 21.1. The van der Waals surface area contributed by atoms with Crippen molar-refractivity contribution in [1.29, 1.82) is 0 Å². The Balaban J connectivity index is 1.42. The molecule has 0 bridgehead atoms. The SMILES string of the molecule is CC(C)[C@H](NC(=O)OCC1c2ccccc2-c2ccccc21)C(=O)N(CC(=O)O)CC1CCCCC1. The van der Waals surface area contributed by atoms with Crippen LogP contribution in [-0.4, -0.2) is 53.7 Å². The van der Waals surface area contributed by atoms with E-state index in [1.165, 1.54) is 11.3 Å². The molecule has 0 aliphatic heterocycles. The minimum absolute atomic E-state index is 0.0776. The summed E-state index contributed by atoms with van der Waals surface area (Å²) >= 11 is 0. The fourth-order valence-electron chi connectivity index (χ4n) is 5.55. The van der Waals surface area contributed by atoms with E-state index in [-0.39, 0.29) is 30.9 Å². The number of alkyl carbamates (subject to hydrolysis) is 1. The molecule has 2 aromatic carbocycles. The number of hydrogen-bond acceptors (Lipinski definition) is 4. The smallest absolute Gasteiger partial charge is 0.407 e. The molecule has 36 heavy (non-hydrogen) atoms. The quantitative estimate of drug-likeness (QED) is 0.511. The van der Waals surface area contributed by atoms with Gasteiger partial charge in [0.25, 0.3) is 0 Å². The van der Waals surface area contributed by atoms with Crippen molar-refractivity contribution in [2.45, 2.75) is 57.9 Å². The number of ether oxygens (including phenoxy) is 1. The summed E-state index contributed by atoms with van der Waals surface area (Å²) in [6.07, 6.45) is 4.71. The number of carboxylic acid groups (broad SMARTS) is 1. The number of rotatable bonds is 9. The van der Waals surface area contributed by atoms with Crippen LogP contribution in [0.25, 0.3) is 11.1 Å². The van der Waals surface area contributed by atoms with Crippen LogP contribution in [0.4, 0.5) is 4.79 Å². The third kappa shape index (κ3) is 5.89. The van der Waals surface area contributed by atoms with E-state index in [0.717, 1.165) is 47.9 Å². The first-order valence-corrected chi connectivity index (χ1v) is 13.0. The van der Waals surface area contributed by atoms with Gasteiger partial charge in [-0.15, -0.1) is 0 Å². The number of carbonyl (C=O) groups excluding carboxylic acids is 2. The van der Waals surface area contributed by atoms with E-state index in [9.17, 15) is 19.5 Å². The maximum atomic E-state index is 13.4. The van der Waals surface area contributed by atoms with Crippen LogP contribution in [0, 0.1) is 11.8 Å². The summed E-state index contributed by atoms with van der Waals surface area (Å²) in [6.45, 7) is 3.86. The molecule has 1 atom stereocenters. The molecule has 0 saturated heterocycles. The molecule has 4 rings (SSSR count). The lowest BCUT2D eigenvalue weighted by atomic mass is 9.88. The lowest BCUT2D eigenvalue weighted by molar-refractivity contribution is -0.146. The molecule has 192 valence electrons. The summed E-state index contributed by atoms with van der Waals surface area (Å²) in [5, 5.41) is 12.2. The van der Waals surface area contributed by atoms with Crippen molar-refractivity contribution in [1.82, 2.24) is 10.2 Å². The zero-order valence-electron chi connectivity index (χ0n) is 21.1. The molecule has 2 aromatic rings. The van der Waals surface area contributed by atoms with Crippen molar-refractivity contribution >= 4 is 18.0 Å². The Hall–Kier alpha value is -3.35. The normalized spacial score (nSPS) is 16.2. The van der Waals surface area contributed by atoms with E-state index >= 15 is 0 Å². The molecule has 2 N–H and O–H groups in total. The van der Waals surface area contributed by atoms with Gasteiger partial charge in [0.2, 0.25) is 5.91 Å². The fraction of sp³-hybridized carbons (Fsp3) is 0.483. The standard InChI is InChI=1S/C29H36N2O5/c1-19(2)27(28(34)31(17-26(32)33)16-20-10-4-3-5-11-20)30-29(35)36-18-25-23-14-8-6-12-21(23)22-13-7-9-15-24(22)25/h6-9,12-15,19-20,25,27H,3-5,10-11,16-18H2,1-2H3,(H,30,35)(H,32,33)/t27-/m0/s1. The number of fused-ring (bicyclic) bond motifs is 3. The largest absolute Gasteiger partial charge is 0.480 e. The van der Waals surface area contributed by atoms with Gasteiger partial charge in [-0.05, 0) is 46.9 Å². The van der Waals surface area contributed by atoms with Crippen LogP contribution >= 0.6 is 0 Å². The van der Waals surface area contributed by atoms with Gasteiger partial charge in [0.05, 0.1) is 0 Å². The third-order valence-corrected chi connectivity index (χ3v) is 7.39. The predicted octanol–water partition coefficient (Wildman–Crippen LogP) is 5.04. The molecular formula is C29H36N2O5. The van der Waals surface area contributed by atoms with Crippen molar-refractivity contribution in [3.63, 3.8) is 0 Å². The van der Waals surface area contributed by atoms with E-state index < -0.39 is 18.1 Å². The summed E-state index contributed by atoms with van der Waals surface area (Å²) < 4.78 is 5.64. The van der Waals surface area contributed by atoms with Crippen LogP contribution in [0.5, 0.6) is 0 Å². The van der Waals surface area contributed by atoms with E-state index in [1.54, 1.807) is 0 Å². The monoisotopic (exact) mass is 492 g/mol. The summed E-state index contributed by atoms with van der Waals surface area (Å²) in [6, 6.07) is 15.4. The van der Waals surface area contributed by atoms with Gasteiger partial charge in [0.1, 0.15) is 19.2 Å². The highest BCUT2D eigenvalue weighted by atomic mass is 16.5. The highest BCUT2D eigenvalue weighted by Gasteiger charge is 2.33. The van der Waals surface area contributed by atoms with Crippen molar-refractivity contribution in [2.75, 3.05) is 19.7 Å². The topological polar surface area (TPSA) is 95.9 Å². The molecule has 0 unspecified atom stereocenters. The maximum Gasteiger partial charge on any atom is 0.407 e. The summed E-state index contributed by atoms with van der Waals surface area (Å²) in [5.74, 6) is -1.43. The van der Waals surface area contributed by atoms with Crippen LogP contribution in [0.3, 0.4) is 0 Å². The number of carboxylic acids is 1. The molecule has 7 heteroatoms. The first kappa shape index (κ1) is 25.7. The highest BCUT2D eigenvalue weighted by molar-refractivity contribution is 5.88. The number of hydrogen-bond donors (Lipinski definition) is 2. The number of carbonyl (C=O) groups is 3. The Morgan fingerprint density at radius 2 is 1.56 bits per heavy atom. The minimum atomic E-state index is -1.05. The van der Waals surface area contributed by atoms with Gasteiger partial charge in [0.15, 0.2) is 0 Å². The molecule has 7 nitrogen and oxygen atoms in total. The van der Waals surface area contributed by atoms with Crippen molar-refractivity contribution in [3.8, 4) is 11.1 Å². The minimum Gasteiger partial charge on any atom is -0.480 e. The number of benzene rings is 2. The first-order chi connectivity index (χ1) is 17.3.